The fourth-order valence-electron chi connectivity index (χ4n) is 3.31. The van der Waals surface area contributed by atoms with Crippen LogP contribution in [0.15, 0.2) is 54.6 Å². The van der Waals surface area contributed by atoms with Crippen molar-refractivity contribution < 1.29 is 4.39 Å². The Kier molecular flexibility index (Phi) is 5.30. The zero-order chi connectivity index (χ0) is 16.9. The molecule has 0 aliphatic heterocycles. The Morgan fingerprint density at radius 3 is 1.92 bits per heavy atom. The van der Waals surface area contributed by atoms with Gasteiger partial charge in [0, 0.05) is 0 Å². The number of hydrogen-bond acceptors (Lipinski definition) is 0. The van der Waals surface area contributed by atoms with Gasteiger partial charge in [-0.25, -0.2) is 4.39 Å². The van der Waals surface area contributed by atoms with Gasteiger partial charge in [-0.15, -0.1) is 0 Å². The number of rotatable bonds is 6. The standard InChI is InChI=1S/C23H25F/c1-3-5-17-7-11-22-15-18(9-12-21(22)14-17)13-19-8-10-20(6-4-2)23(24)16-19/h7-12,14-16H,3-6,13H2,1-2H3. The zero-order valence-electron chi connectivity index (χ0n) is 14.6. The fourth-order valence-corrected chi connectivity index (χ4v) is 3.31. The molecule has 0 aromatic heterocycles. The molecule has 3 aromatic rings. The number of halogens is 1. The van der Waals surface area contributed by atoms with Gasteiger partial charge in [0.25, 0.3) is 0 Å². The van der Waals surface area contributed by atoms with Crippen LogP contribution in [0.5, 0.6) is 0 Å². The summed E-state index contributed by atoms with van der Waals surface area (Å²) in [5.74, 6) is -0.0700. The zero-order valence-corrected chi connectivity index (χ0v) is 14.6. The molecule has 0 N–H and O–H groups in total. The molecule has 0 radical (unpaired) electrons. The Balaban J connectivity index is 1.82. The first-order chi connectivity index (χ1) is 11.7. The lowest BCUT2D eigenvalue weighted by Crippen LogP contribution is -1.94. The first-order valence-corrected chi connectivity index (χ1v) is 8.98. The highest BCUT2D eigenvalue weighted by atomic mass is 19.1. The molecule has 0 unspecified atom stereocenters. The second kappa shape index (κ2) is 7.61. The lowest BCUT2D eigenvalue weighted by Gasteiger charge is -2.08. The molecule has 0 bridgehead atoms. The van der Waals surface area contributed by atoms with Gasteiger partial charge >= 0.3 is 0 Å². The van der Waals surface area contributed by atoms with Crippen LogP contribution in [0.1, 0.15) is 48.9 Å². The van der Waals surface area contributed by atoms with E-state index in [0.717, 1.165) is 36.8 Å². The normalized spacial score (nSPS) is 11.1. The molecule has 0 saturated heterocycles. The minimum Gasteiger partial charge on any atom is -0.207 e. The summed E-state index contributed by atoms with van der Waals surface area (Å²) in [6.07, 6.45) is 4.85. The fraction of sp³-hybridized carbons (Fsp3) is 0.304. The van der Waals surface area contributed by atoms with E-state index >= 15 is 0 Å². The lowest BCUT2D eigenvalue weighted by molar-refractivity contribution is 0.605. The van der Waals surface area contributed by atoms with Crippen LogP contribution >= 0.6 is 0 Å². The monoisotopic (exact) mass is 320 g/mol. The van der Waals surface area contributed by atoms with Crippen LogP contribution in [0.3, 0.4) is 0 Å². The molecule has 3 aromatic carbocycles. The van der Waals surface area contributed by atoms with Crippen LogP contribution in [-0.4, -0.2) is 0 Å². The lowest BCUT2D eigenvalue weighted by atomic mass is 9.98. The predicted molar refractivity (Wildman–Crippen MR) is 101 cm³/mol. The van der Waals surface area contributed by atoms with Crippen molar-refractivity contribution in [1.29, 1.82) is 0 Å². The molecule has 124 valence electrons. The summed E-state index contributed by atoms with van der Waals surface area (Å²) in [6, 6.07) is 19.0. The van der Waals surface area contributed by atoms with Gasteiger partial charge in [-0.05, 0) is 58.4 Å². The molecule has 0 amide bonds. The number of hydrogen-bond donors (Lipinski definition) is 0. The van der Waals surface area contributed by atoms with E-state index in [4.69, 9.17) is 0 Å². The molecule has 0 aliphatic rings. The Morgan fingerprint density at radius 2 is 1.25 bits per heavy atom. The van der Waals surface area contributed by atoms with E-state index in [1.165, 1.54) is 28.3 Å². The first kappa shape index (κ1) is 16.7. The molecule has 0 fully saturated rings. The summed E-state index contributed by atoms with van der Waals surface area (Å²) in [7, 11) is 0. The molecule has 0 aliphatic carbocycles. The van der Waals surface area contributed by atoms with Crippen molar-refractivity contribution in [3.05, 3.63) is 82.7 Å². The van der Waals surface area contributed by atoms with Crippen LogP contribution in [0.2, 0.25) is 0 Å². The molecular formula is C23H25F. The Bertz CT molecular complexity index is 833. The second-order valence-electron chi connectivity index (χ2n) is 6.62. The summed E-state index contributed by atoms with van der Waals surface area (Å²) >= 11 is 0. The Labute approximate surface area is 144 Å². The van der Waals surface area contributed by atoms with E-state index in [-0.39, 0.29) is 5.82 Å². The Morgan fingerprint density at radius 1 is 0.667 bits per heavy atom. The van der Waals surface area contributed by atoms with Gasteiger partial charge in [0.1, 0.15) is 5.82 Å². The average molecular weight is 320 g/mol. The molecular weight excluding hydrogens is 295 g/mol. The van der Waals surface area contributed by atoms with Crippen molar-refractivity contribution in [3.63, 3.8) is 0 Å². The minimum absolute atomic E-state index is 0.0700. The van der Waals surface area contributed by atoms with Crippen molar-refractivity contribution in [2.75, 3.05) is 0 Å². The van der Waals surface area contributed by atoms with E-state index in [9.17, 15) is 4.39 Å². The average Bonchev–Trinajstić information content (AvgIpc) is 2.58. The second-order valence-corrected chi connectivity index (χ2v) is 6.62. The van der Waals surface area contributed by atoms with Crippen LogP contribution in [-0.2, 0) is 19.3 Å². The summed E-state index contributed by atoms with van der Waals surface area (Å²) in [6.45, 7) is 4.28. The number of aryl methyl sites for hydroxylation is 2. The summed E-state index contributed by atoms with van der Waals surface area (Å²) in [5.41, 5.74) is 4.48. The van der Waals surface area contributed by atoms with Gasteiger partial charge in [0.15, 0.2) is 0 Å². The van der Waals surface area contributed by atoms with Crippen LogP contribution < -0.4 is 0 Å². The van der Waals surface area contributed by atoms with Crippen LogP contribution in [0.4, 0.5) is 4.39 Å². The van der Waals surface area contributed by atoms with Crippen molar-refractivity contribution in [2.45, 2.75) is 46.0 Å². The van der Waals surface area contributed by atoms with E-state index in [1.807, 2.05) is 6.07 Å². The topological polar surface area (TPSA) is 0 Å². The van der Waals surface area contributed by atoms with Crippen molar-refractivity contribution in [2.24, 2.45) is 0 Å². The Hall–Kier alpha value is -2.15. The highest BCUT2D eigenvalue weighted by Crippen LogP contribution is 2.21. The number of benzene rings is 3. The molecule has 0 atom stereocenters. The smallest absolute Gasteiger partial charge is 0.126 e. The van der Waals surface area contributed by atoms with Gasteiger partial charge in [-0.2, -0.15) is 0 Å². The third-order valence-corrected chi connectivity index (χ3v) is 4.55. The molecule has 3 rings (SSSR count). The highest BCUT2D eigenvalue weighted by molar-refractivity contribution is 5.83. The summed E-state index contributed by atoms with van der Waals surface area (Å²) in [4.78, 5) is 0. The van der Waals surface area contributed by atoms with Gasteiger partial charge in [0.2, 0.25) is 0 Å². The van der Waals surface area contributed by atoms with Gasteiger partial charge in [0.05, 0.1) is 0 Å². The van der Waals surface area contributed by atoms with Crippen LogP contribution in [0, 0.1) is 5.82 Å². The van der Waals surface area contributed by atoms with E-state index in [0.29, 0.717) is 0 Å². The molecule has 0 spiro atoms. The van der Waals surface area contributed by atoms with Crippen molar-refractivity contribution >= 4 is 10.8 Å². The van der Waals surface area contributed by atoms with E-state index in [2.05, 4.69) is 56.3 Å². The maximum absolute atomic E-state index is 14.1. The summed E-state index contributed by atoms with van der Waals surface area (Å²) in [5, 5.41) is 2.55. The molecule has 0 nitrogen and oxygen atoms in total. The quantitative estimate of drug-likeness (QED) is 0.488. The largest absolute Gasteiger partial charge is 0.207 e. The third kappa shape index (κ3) is 3.84. The molecule has 0 heterocycles. The summed E-state index contributed by atoms with van der Waals surface area (Å²) < 4.78 is 14.1. The SMILES string of the molecule is CCCc1ccc2cc(Cc3ccc(CCC)c(F)c3)ccc2c1. The van der Waals surface area contributed by atoms with E-state index < -0.39 is 0 Å². The van der Waals surface area contributed by atoms with E-state index in [1.54, 1.807) is 6.07 Å². The number of fused-ring (bicyclic) bond motifs is 1. The predicted octanol–water partition coefficient (Wildman–Crippen LogP) is 6.47. The third-order valence-electron chi connectivity index (χ3n) is 4.55. The van der Waals surface area contributed by atoms with Gasteiger partial charge in [-0.3, -0.25) is 0 Å². The van der Waals surface area contributed by atoms with Crippen molar-refractivity contribution in [1.82, 2.24) is 0 Å². The van der Waals surface area contributed by atoms with Gasteiger partial charge in [-0.1, -0.05) is 75.2 Å². The minimum atomic E-state index is -0.0700. The highest BCUT2D eigenvalue weighted by Gasteiger charge is 2.05. The maximum atomic E-state index is 14.1. The maximum Gasteiger partial charge on any atom is 0.126 e. The van der Waals surface area contributed by atoms with Crippen molar-refractivity contribution in [3.8, 4) is 0 Å². The molecule has 1 heteroatoms. The van der Waals surface area contributed by atoms with Gasteiger partial charge < -0.3 is 0 Å². The first-order valence-electron chi connectivity index (χ1n) is 8.98. The molecule has 0 saturated carbocycles. The molecule has 24 heavy (non-hydrogen) atoms. The van der Waals surface area contributed by atoms with Crippen LogP contribution in [0.25, 0.3) is 10.8 Å².